The van der Waals surface area contributed by atoms with Gasteiger partial charge >= 0.3 is 0 Å². The molecule has 16 heavy (non-hydrogen) atoms. The molecule has 1 heterocycles. The van der Waals surface area contributed by atoms with E-state index in [9.17, 15) is 0 Å². The van der Waals surface area contributed by atoms with Crippen molar-refractivity contribution in [2.75, 3.05) is 20.1 Å². The van der Waals surface area contributed by atoms with Crippen LogP contribution in [0.2, 0.25) is 0 Å². The lowest BCUT2D eigenvalue weighted by Gasteiger charge is -2.42. The molecular formula is C14H28N2. The van der Waals surface area contributed by atoms with Crippen molar-refractivity contribution in [2.24, 2.45) is 11.8 Å². The fourth-order valence-electron chi connectivity index (χ4n) is 3.76. The standard InChI is InChI=1S/C14H28N2/c1-11-8-12(2)10-14(9-11)16-6-4-13(15-3)5-7-16/h11-15H,4-10H2,1-3H3. The summed E-state index contributed by atoms with van der Waals surface area (Å²) in [6.07, 6.45) is 7.01. The Bertz CT molecular complexity index is 199. The number of rotatable bonds is 2. The summed E-state index contributed by atoms with van der Waals surface area (Å²) in [5, 5.41) is 3.42. The van der Waals surface area contributed by atoms with Crippen molar-refractivity contribution < 1.29 is 0 Å². The summed E-state index contributed by atoms with van der Waals surface area (Å²) >= 11 is 0. The van der Waals surface area contributed by atoms with E-state index in [0.717, 1.165) is 23.9 Å². The molecule has 2 rings (SSSR count). The average Bonchev–Trinajstić information content (AvgIpc) is 2.28. The van der Waals surface area contributed by atoms with E-state index in [-0.39, 0.29) is 0 Å². The molecule has 1 saturated heterocycles. The van der Waals surface area contributed by atoms with E-state index in [1.54, 1.807) is 0 Å². The molecule has 0 aromatic heterocycles. The van der Waals surface area contributed by atoms with E-state index in [4.69, 9.17) is 0 Å². The highest BCUT2D eigenvalue weighted by Gasteiger charge is 2.30. The summed E-state index contributed by atoms with van der Waals surface area (Å²) in [6, 6.07) is 1.66. The third-order valence-electron chi connectivity index (χ3n) is 4.61. The molecule has 2 fully saturated rings. The smallest absolute Gasteiger partial charge is 0.0100 e. The lowest BCUT2D eigenvalue weighted by Crippen LogP contribution is -2.48. The average molecular weight is 224 g/mol. The molecule has 1 aliphatic heterocycles. The fourth-order valence-corrected chi connectivity index (χ4v) is 3.76. The number of likely N-dealkylation sites (tertiary alicyclic amines) is 1. The van der Waals surface area contributed by atoms with Crippen molar-refractivity contribution in [1.29, 1.82) is 0 Å². The van der Waals surface area contributed by atoms with Crippen molar-refractivity contribution in [1.82, 2.24) is 10.2 Å². The molecule has 2 heteroatoms. The van der Waals surface area contributed by atoms with Gasteiger partial charge < -0.3 is 10.2 Å². The highest BCUT2D eigenvalue weighted by molar-refractivity contribution is 4.85. The van der Waals surface area contributed by atoms with Crippen molar-refractivity contribution in [3.63, 3.8) is 0 Å². The maximum absolute atomic E-state index is 3.42. The van der Waals surface area contributed by atoms with Gasteiger partial charge in [0.1, 0.15) is 0 Å². The lowest BCUT2D eigenvalue weighted by atomic mass is 9.79. The van der Waals surface area contributed by atoms with Crippen molar-refractivity contribution in [3.05, 3.63) is 0 Å². The predicted molar refractivity (Wildman–Crippen MR) is 69.6 cm³/mol. The molecule has 2 unspecified atom stereocenters. The van der Waals surface area contributed by atoms with Crippen LogP contribution in [0, 0.1) is 11.8 Å². The molecule has 0 aromatic rings. The third kappa shape index (κ3) is 2.98. The number of nitrogens with one attached hydrogen (secondary N) is 1. The van der Waals surface area contributed by atoms with Crippen LogP contribution in [-0.4, -0.2) is 37.1 Å². The van der Waals surface area contributed by atoms with Gasteiger partial charge in [0.25, 0.3) is 0 Å². The van der Waals surface area contributed by atoms with Gasteiger partial charge in [-0.2, -0.15) is 0 Å². The van der Waals surface area contributed by atoms with E-state index in [2.05, 4.69) is 31.1 Å². The van der Waals surface area contributed by atoms with Crippen LogP contribution in [0.5, 0.6) is 0 Å². The van der Waals surface area contributed by atoms with Crippen LogP contribution in [0.15, 0.2) is 0 Å². The number of hydrogen-bond donors (Lipinski definition) is 1. The molecule has 1 saturated carbocycles. The van der Waals surface area contributed by atoms with Crippen molar-refractivity contribution in [2.45, 2.75) is 58.0 Å². The Morgan fingerprint density at radius 2 is 1.50 bits per heavy atom. The summed E-state index contributed by atoms with van der Waals surface area (Å²) in [7, 11) is 2.10. The van der Waals surface area contributed by atoms with Gasteiger partial charge in [0.15, 0.2) is 0 Å². The first-order chi connectivity index (χ1) is 7.69. The monoisotopic (exact) mass is 224 g/mol. The summed E-state index contributed by atoms with van der Waals surface area (Å²) in [5.41, 5.74) is 0. The second kappa shape index (κ2) is 5.50. The molecule has 0 aromatic carbocycles. The number of nitrogens with zero attached hydrogens (tertiary/aromatic N) is 1. The minimum absolute atomic E-state index is 0.773. The Kier molecular flexibility index (Phi) is 4.26. The Hall–Kier alpha value is -0.0800. The van der Waals surface area contributed by atoms with Crippen LogP contribution in [-0.2, 0) is 0 Å². The van der Waals surface area contributed by atoms with Gasteiger partial charge in [-0.3, -0.25) is 0 Å². The minimum Gasteiger partial charge on any atom is -0.317 e. The summed E-state index contributed by atoms with van der Waals surface area (Å²) in [5.74, 6) is 1.88. The molecule has 2 atom stereocenters. The molecule has 0 spiro atoms. The Morgan fingerprint density at radius 1 is 0.938 bits per heavy atom. The van der Waals surface area contributed by atoms with E-state index in [1.807, 2.05) is 0 Å². The Balaban J connectivity index is 1.83. The van der Waals surface area contributed by atoms with Gasteiger partial charge in [-0.05, 0) is 64.1 Å². The normalized spacial score (nSPS) is 38.8. The van der Waals surface area contributed by atoms with Crippen LogP contribution in [0.4, 0.5) is 0 Å². The van der Waals surface area contributed by atoms with Crippen LogP contribution < -0.4 is 5.32 Å². The first-order valence-electron chi connectivity index (χ1n) is 7.10. The summed E-state index contributed by atoms with van der Waals surface area (Å²) < 4.78 is 0. The van der Waals surface area contributed by atoms with E-state index >= 15 is 0 Å². The van der Waals surface area contributed by atoms with Gasteiger partial charge in [0, 0.05) is 12.1 Å². The Labute approximate surface area is 101 Å². The summed E-state index contributed by atoms with van der Waals surface area (Å²) in [4.78, 5) is 2.76. The van der Waals surface area contributed by atoms with Crippen LogP contribution in [0.25, 0.3) is 0 Å². The number of piperidine rings is 1. The highest BCUT2D eigenvalue weighted by atomic mass is 15.2. The molecule has 2 aliphatic rings. The fraction of sp³-hybridized carbons (Fsp3) is 1.00. The topological polar surface area (TPSA) is 15.3 Å². The lowest BCUT2D eigenvalue weighted by molar-refractivity contribution is 0.0831. The van der Waals surface area contributed by atoms with Crippen molar-refractivity contribution >= 4 is 0 Å². The quantitative estimate of drug-likeness (QED) is 0.775. The third-order valence-corrected chi connectivity index (χ3v) is 4.61. The molecule has 94 valence electrons. The van der Waals surface area contributed by atoms with E-state index in [0.29, 0.717) is 0 Å². The number of hydrogen-bond acceptors (Lipinski definition) is 2. The van der Waals surface area contributed by atoms with Crippen LogP contribution in [0.1, 0.15) is 46.0 Å². The van der Waals surface area contributed by atoms with Crippen LogP contribution >= 0.6 is 0 Å². The second-order valence-electron chi connectivity index (χ2n) is 6.17. The molecular weight excluding hydrogens is 196 g/mol. The molecule has 0 bridgehead atoms. The summed E-state index contributed by atoms with van der Waals surface area (Å²) in [6.45, 7) is 7.50. The largest absolute Gasteiger partial charge is 0.317 e. The van der Waals surface area contributed by atoms with Crippen molar-refractivity contribution in [3.8, 4) is 0 Å². The van der Waals surface area contributed by atoms with Gasteiger partial charge in [0.2, 0.25) is 0 Å². The zero-order chi connectivity index (χ0) is 11.5. The second-order valence-corrected chi connectivity index (χ2v) is 6.17. The molecule has 0 amide bonds. The minimum atomic E-state index is 0.773. The zero-order valence-electron chi connectivity index (χ0n) is 11.2. The highest BCUT2D eigenvalue weighted by Crippen LogP contribution is 2.32. The molecule has 1 aliphatic carbocycles. The maximum atomic E-state index is 3.42. The van der Waals surface area contributed by atoms with Gasteiger partial charge in [0.05, 0.1) is 0 Å². The van der Waals surface area contributed by atoms with Gasteiger partial charge in [-0.1, -0.05) is 13.8 Å². The maximum Gasteiger partial charge on any atom is 0.0100 e. The SMILES string of the molecule is CNC1CCN(C2CC(C)CC(C)C2)CC1. The molecule has 2 nitrogen and oxygen atoms in total. The molecule has 1 N–H and O–H groups in total. The Morgan fingerprint density at radius 3 is 2.00 bits per heavy atom. The van der Waals surface area contributed by atoms with E-state index in [1.165, 1.54) is 45.2 Å². The molecule has 0 radical (unpaired) electrons. The first-order valence-corrected chi connectivity index (χ1v) is 7.10. The van der Waals surface area contributed by atoms with Gasteiger partial charge in [-0.25, -0.2) is 0 Å². The van der Waals surface area contributed by atoms with Crippen LogP contribution in [0.3, 0.4) is 0 Å². The predicted octanol–water partition coefficient (Wildman–Crippen LogP) is 2.49. The van der Waals surface area contributed by atoms with E-state index < -0.39 is 0 Å². The van der Waals surface area contributed by atoms with Gasteiger partial charge in [-0.15, -0.1) is 0 Å². The zero-order valence-corrected chi connectivity index (χ0v) is 11.2. The first kappa shape index (κ1) is 12.4.